The molecule has 1 rings (SSSR count). The highest BCUT2D eigenvalue weighted by atomic mass is 16.5. The van der Waals surface area contributed by atoms with Crippen LogP contribution in [0.5, 0.6) is 11.5 Å². The zero-order valence-electron chi connectivity index (χ0n) is 8.61. The molecule has 0 saturated carbocycles. The van der Waals surface area contributed by atoms with Crippen molar-refractivity contribution in [3.63, 3.8) is 0 Å². The van der Waals surface area contributed by atoms with E-state index < -0.39 is 0 Å². The van der Waals surface area contributed by atoms with Crippen LogP contribution in [0.25, 0.3) is 0 Å². The van der Waals surface area contributed by atoms with Gasteiger partial charge < -0.3 is 9.47 Å². The number of rotatable bonds is 4. The molecule has 0 aliphatic heterocycles. The van der Waals surface area contributed by atoms with Gasteiger partial charge in [-0.05, 0) is 12.1 Å². The summed E-state index contributed by atoms with van der Waals surface area (Å²) in [7, 11) is 2.99. The predicted octanol–water partition coefficient (Wildman–Crippen LogP) is 1.58. The minimum absolute atomic E-state index is 0.182. The third-order valence-electron chi connectivity index (χ3n) is 1.98. The van der Waals surface area contributed by atoms with E-state index in [2.05, 4.69) is 0 Å². The van der Waals surface area contributed by atoms with E-state index in [9.17, 15) is 4.79 Å². The molecule has 15 heavy (non-hydrogen) atoms. The van der Waals surface area contributed by atoms with Crippen LogP contribution in [0.15, 0.2) is 12.1 Å². The Labute approximate surface area is 88.0 Å². The minimum Gasteiger partial charge on any atom is -0.493 e. The first-order valence-electron chi connectivity index (χ1n) is 4.33. The van der Waals surface area contributed by atoms with Gasteiger partial charge >= 0.3 is 0 Å². The minimum atomic E-state index is 0.182. The first kappa shape index (κ1) is 11.1. The molecular weight excluding hydrogens is 194 g/mol. The zero-order chi connectivity index (χ0) is 11.3. The lowest BCUT2D eigenvalue weighted by Crippen LogP contribution is -1.97. The van der Waals surface area contributed by atoms with Gasteiger partial charge in [0.2, 0.25) is 0 Å². The second-order valence-corrected chi connectivity index (χ2v) is 2.87. The van der Waals surface area contributed by atoms with Crippen LogP contribution >= 0.6 is 0 Å². The van der Waals surface area contributed by atoms with Crippen LogP contribution in [-0.4, -0.2) is 20.5 Å². The molecule has 0 N–H and O–H groups in total. The Morgan fingerprint density at radius 3 is 2.60 bits per heavy atom. The largest absolute Gasteiger partial charge is 0.493 e. The Balaban J connectivity index is 3.33. The number of nitrogens with zero attached hydrogens (tertiary/aromatic N) is 1. The van der Waals surface area contributed by atoms with Crippen molar-refractivity contribution in [3.05, 3.63) is 23.3 Å². The topological polar surface area (TPSA) is 59.3 Å². The predicted molar refractivity (Wildman–Crippen MR) is 54.3 cm³/mol. The SMILES string of the molecule is COc1cc(C=O)cc(CC#N)c1OC. The number of carbonyl (C=O) groups is 1. The average molecular weight is 205 g/mol. The zero-order valence-corrected chi connectivity index (χ0v) is 8.61. The van der Waals surface area contributed by atoms with Crippen molar-refractivity contribution in [3.8, 4) is 17.6 Å². The smallest absolute Gasteiger partial charge is 0.164 e. The summed E-state index contributed by atoms with van der Waals surface area (Å²) in [4.78, 5) is 10.7. The molecule has 0 bridgehead atoms. The van der Waals surface area contributed by atoms with E-state index in [4.69, 9.17) is 14.7 Å². The number of carbonyl (C=O) groups excluding carboxylic acids is 1. The maximum Gasteiger partial charge on any atom is 0.164 e. The highest BCUT2D eigenvalue weighted by molar-refractivity contribution is 5.77. The van der Waals surface area contributed by atoms with Crippen LogP contribution in [0, 0.1) is 11.3 Å². The van der Waals surface area contributed by atoms with E-state index in [1.165, 1.54) is 14.2 Å². The molecule has 0 aliphatic carbocycles. The molecule has 0 aliphatic rings. The van der Waals surface area contributed by atoms with Gasteiger partial charge in [0.05, 0.1) is 26.7 Å². The summed E-state index contributed by atoms with van der Waals surface area (Å²) in [5.41, 5.74) is 1.12. The molecule has 1 aromatic rings. The maximum atomic E-state index is 10.7. The monoisotopic (exact) mass is 205 g/mol. The lowest BCUT2D eigenvalue weighted by atomic mass is 10.1. The molecule has 1 aromatic carbocycles. The van der Waals surface area contributed by atoms with Crippen molar-refractivity contribution in [1.82, 2.24) is 0 Å². The van der Waals surface area contributed by atoms with Crippen LogP contribution in [0.4, 0.5) is 0 Å². The molecule has 0 radical (unpaired) electrons. The summed E-state index contributed by atoms with van der Waals surface area (Å²) in [6.45, 7) is 0. The third kappa shape index (κ3) is 2.26. The lowest BCUT2D eigenvalue weighted by molar-refractivity contribution is 0.112. The van der Waals surface area contributed by atoms with Gasteiger partial charge in [0, 0.05) is 11.1 Å². The Morgan fingerprint density at radius 1 is 1.40 bits per heavy atom. The van der Waals surface area contributed by atoms with E-state index in [0.29, 0.717) is 28.9 Å². The molecular formula is C11H11NO3. The quantitative estimate of drug-likeness (QED) is 0.700. The van der Waals surface area contributed by atoms with Crippen molar-refractivity contribution in [2.75, 3.05) is 14.2 Å². The molecule has 0 atom stereocenters. The van der Waals surface area contributed by atoms with Crippen molar-refractivity contribution < 1.29 is 14.3 Å². The molecule has 78 valence electrons. The summed E-state index contributed by atoms with van der Waals surface area (Å²) < 4.78 is 10.2. The van der Waals surface area contributed by atoms with E-state index in [-0.39, 0.29) is 6.42 Å². The first-order valence-corrected chi connectivity index (χ1v) is 4.33. The van der Waals surface area contributed by atoms with Crippen molar-refractivity contribution in [2.24, 2.45) is 0 Å². The van der Waals surface area contributed by atoms with Crippen molar-refractivity contribution >= 4 is 6.29 Å². The van der Waals surface area contributed by atoms with Crippen LogP contribution in [0.2, 0.25) is 0 Å². The highest BCUT2D eigenvalue weighted by Crippen LogP contribution is 2.32. The Hall–Kier alpha value is -2.02. The number of aldehydes is 1. The molecule has 0 unspecified atom stereocenters. The fourth-order valence-corrected chi connectivity index (χ4v) is 1.35. The highest BCUT2D eigenvalue weighted by Gasteiger charge is 2.11. The fraction of sp³-hybridized carbons (Fsp3) is 0.273. The first-order chi connectivity index (χ1) is 7.26. The van der Waals surface area contributed by atoms with Crippen LogP contribution in [0.3, 0.4) is 0 Å². The fourth-order valence-electron chi connectivity index (χ4n) is 1.35. The summed E-state index contributed by atoms with van der Waals surface area (Å²) in [5.74, 6) is 0.969. The van der Waals surface area contributed by atoms with E-state index in [1.807, 2.05) is 6.07 Å². The lowest BCUT2D eigenvalue weighted by Gasteiger charge is -2.11. The maximum absolute atomic E-state index is 10.7. The van der Waals surface area contributed by atoms with Crippen molar-refractivity contribution in [2.45, 2.75) is 6.42 Å². The molecule has 0 amide bonds. The second-order valence-electron chi connectivity index (χ2n) is 2.87. The van der Waals surface area contributed by atoms with Gasteiger partial charge in [0.15, 0.2) is 11.5 Å². The summed E-state index contributed by atoms with van der Waals surface area (Å²) in [6, 6.07) is 5.21. The van der Waals surface area contributed by atoms with Gasteiger partial charge in [-0.1, -0.05) is 0 Å². The van der Waals surface area contributed by atoms with E-state index in [0.717, 1.165) is 0 Å². The Bertz CT molecular complexity index is 407. The number of ether oxygens (including phenoxy) is 2. The molecule has 0 heterocycles. The van der Waals surface area contributed by atoms with Gasteiger partial charge in [0.25, 0.3) is 0 Å². The summed E-state index contributed by atoms with van der Waals surface area (Å²) in [5, 5.41) is 8.63. The van der Waals surface area contributed by atoms with Crippen LogP contribution < -0.4 is 9.47 Å². The standard InChI is InChI=1S/C11H11NO3/c1-14-10-6-8(7-13)5-9(3-4-12)11(10)15-2/h5-7H,3H2,1-2H3. The van der Waals surface area contributed by atoms with Gasteiger partial charge in [-0.3, -0.25) is 4.79 Å². The number of benzene rings is 1. The Kier molecular flexibility index (Phi) is 3.69. The van der Waals surface area contributed by atoms with Gasteiger partial charge in [-0.25, -0.2) is 0 Å². The van der Waals surface area contributed by atoms with Gasteiger partial charge in [-0.2, -0.15) is 5.26 Å². The molecule has 4 heteroatoms. The van der Waals surface area contributed by atoms with E-state index >= 15 is 0 Å². The molecule has 4 nitrogen and oxygen atoms in total. The number of hydrogen-bond acceptors (Lipinski definition) is 4. The van der Waals surface area contributed by atoms with Gasteiger partial charge in [0.1, 0.15) is 6.29 Å². The van der Waals surface area contributed by atoms with E-state index in [1.54, 1.807) is 12.1 Å². The van der Waals surface area contributed by atoms with Crippen LogP contribution in [-0.2, 0) is 6.42 Å². The number of hydrogen-bond donors (Lipinski definition) is 0. The van der Waals surface area contributed by atoms with Crippen molar-refractivity contribution in [1.29, 1.82) is 5.26 Å². The second kappa shape index (κ2) is 5.01. The Morgan fingerprint density at radius 2 is 2.13 bits per heavy atom. The molecule has 0 spiro atoms. The van der Waals surface area contributed by atoms with Gasteiger partial charge in [-0.15, -0.1) is 0 Å². The average Bonchev–Trinajstić information content (AvgIpc) is 2.28. The molecule has 0 aromatic heterocycles. The van der Waals surface area contributed by atoms with Crippen LogP contribution in [0.1, 0.15) is 15.9 Å². The number of nitriles is 1. The summed E-state index contributed by atoms with van der Waals surface area (Å²) in [6.07, 6.45) is 0.893. The molecule has 0 fully saturated rings. The third-order valence-corrected chi connectivity index (χ3v) is 1.98. The normalized spacial score (nSPS) is 9.13. The summed E-state index contributed by atoms with van der Waals surface area (Å²) >= 11 is 0. The molecule has 0 saturated heterocycles. The number of methoxy groups -OCH3 is 2.